The van der Waals surface area contributed by atoms with Crippen molar-refractivity contribution in [1.82, 2.24) is 0 Å². The van der Waals surface area contributed by atoms with Gasteiger partial charge in [-0.2, -0.15) is 5.26 Å². The van der Waals surface area contributed by atoms with Gasteiger partial charge in [0, 0.05) is 12.2 Å². The fourth-order valence-corrected chi connectivity index (χ4v) is 1.93. The molecule has 0 bridgehead atoms. The van der Waals surface area contributed by atoms with E-state index >= 15 is 0 Å². The van der Waals surface area contributed by atoms with Crippen molar-refractivity contribution in [2.45, 2.75) is 6.10 Å². The zero-order valence-electron chi connectivity index (χ0n) is 10.1. The van der Waals surface area contributed by atoms with Crippen LogP contribution in [0.15, 0.2) is 24.3 Å². The normalized spacial score (nSPS) is 19.1. The van der Waals surface area contributed by atoms with Gasteiger partial charge in [-0.1, -0.05) is 6.07 Å². The predicted molar refractivity (Wildman–Crippen MR) is 65.1 cm³/mol. The lowest BCUT2D eigenvalue weighted by molar-refractivity contribution is -0.154. The van der Waals surface area contributed by atoms with Crippen molar-refractivity contribution in [3.8, 4) is 6.07 Å². The molecule has 94 valence electrons. The number of carbonyl (C=O) groups excluding carboxylic acids is 1. The monoisotopic (exact) mass is 246 g/mol. The molecule has 1 aliphatic heterocycles. The van der Waals surface area contributed by atoms with E-state index in [0.29, 0.717) is 25.3 Å². The van der Waals surface area contributed by atoms with Crippen LogP contribution < -0.4 is 4.90 Å². The van der Waals surface area contributed by atoms with E-state index in [2.05, 4.69) is 10.8 Å². The Morgan fingerprint density at radius 3 is 3.17 bits per heavy atom. The standard InChI is InChI=1S/C13H14N2O3/c1-17-13(16)12-9-15(5-6-18-12)11-4-2-3-10(7-11)8-14/h2-4,7,12H,5-6,9H2,1H3. The molecular formula is C13H14N2O3. The van der Waals surface area contributed by atoms with Crippen LogP contribution in [-0.2, 0) is 14.3 Å². The summed E-state index contributed by atoms with van der Waals surface area (Å²) in [6.07, 6.45) is -0.561. The van der Waals surface area contributed by atoms with Crippen molar-refractivity contribution in [3.05, 3.63) is 29.8 Å². The van der Waals surface area contributed by atoms with Gasteiger partial charge in [-0.15, -0.1) is 0 Å². The lowest BCUT2D eigenvalue weighted by atomic mass is 10.2. The molecule has 1 unspecified atom stereocenters. The Bertz CT molecular complexity index is 481. The Morgan fingerprint density at radius 1 is 1.61 bits per heavy atom. The summed E-state index contributed by atoms with van der Waals surface area (Å²) in [5.74, 6) is -0.365. The van der Waals surface area contributed by atoms with Crippen LogP contribution in [0.4, 0.5) is 5.69 Å². The number of morpholine rings is 1. The number of ether oxygens (including phenoxy) is 2. The summed E-state index contributed by atoms with van der Waals surface area (Å²) in [4.78, 5) is 13.5. The molecule has 1 aromatic rings. The van der Waals surface area contributed by atoms with Crippen LogP contribution in [0.5, 0.6) is 0 Å². The maximum Gasteiger partial charge on any atom is 0.336 e. The SMILES string of the molecule is COC(=O)C1CN(c2cccc(C#N)c2)CCO1. The molecule has 18 heavy (non-hydrogen) atoms. The summed E-state index contributed by atoms with van der Waals surface area (Å²) >= 11 is 0. The summed E-state index contributed by atoms with van der Waals surface area (Å²) in [5, 5.41) is 8.87. The molecule has 2 rings (SSSR count). The molecule has 1 atom stereocenters. The zero-order valence-corrected chi connectivity index (χ0v) is 10.1. The second-order valence-corrected chi connectivity index (χ2v) is 3.99. The van der Waals surface area contributed by atoms with Crippen LogP contribution >= 0.6 is 0 Å². The summed E-state index contributed by atoms with van der Waals surface area (Å²) in [6, 6.07) is 9.41. The molecule has 1 saturated heterocycles. The Balaban J connectivity index is 2.13. The molecule has 1 aliphatic rings. The molecule has 1 heterocycles. The average Bonchev–Trinajstić information content (AvgIpc) is 2.46. The van der Waals surface area contributed by atoms with Crippen LogP contribution in [0.3, 0.4) is 0 Å². The fraction of sp³-hybridized carbons (Fsp3) is 0.385. The summed E-state index contributed by atoms with van der Waals surface area (Å²) < 4.78 is 10.0. The van der Waals surface area contributed by atoms with Gasteiger partial charge in [0.15, 0.2) is 6.10 Å². The average molecular weight is 246 g/mol. The third kappa shape index (κ3) is 2.60. The second kappa shape index (κ2) is 5.52. The Labute approximate surface area is 106 Å². The van der Waals surface area contributed by atoms with Gasteiger partial charge in [0.05, 0.1) is 31.9 Å². The van der Waals surface area contributed by atoms with E-state index in [9.17, 15) is 4.79 Å². The summed E-state index contributed by atoms with van der Waals surface area (Å²) in [6.45, 7) is 1.61. The third-order valence-electron chi connectivity index (χ3n) is 2.87. The number of rotatable bonds is 2. The molecule has 0 aliphatic carbocycles. The van der Waals surface area contributed by atoms with E-state index in [-0.39, 0.29) is 5.97 Å². The van der Waals surface area contributed by atoms with Gasteiger partial charge in [0.25, 0.3) is 0 Å². The Hall–Kier alpha value is -2.06. The Morgan fingerprint density at radius 2 is 2.44 bits per heavy atom. The highest BCUT2D eigenvalue weighted by molar-refractivity contribution is 5.75. The largest absolute Gasteiger partial charge is 0.467 e. The first-order chi connectivity index (χ1) is 8.74. The van der Waals surface area contributed by atoms with Gasteiger partial charge in [-0.25, -0.2) is 4.79 Å². The predicted octanol–water partition coefficient (Wildman–Crippen LogP) is 0.936. The van der Waals surface area contributed by atoms with E-state index in [1.54, 1.807) is 12.1 Å². The van der Waals surface area contributed by atoms with E-state index in [4.69, 9.17) is 10.00 Å². The van der Waals surface area contributed by atoms with E-state index in [1.165, 1.54) is 7.11 Å². The summed E-state index contributed by atoms with van der Waals surface area (Å²) in [5.41, 5.74) is 1.53. The first-order valence-electron chi connectivity index (χ1n) is 5.69. The van der Waals surface area contributed by atoms with Gasteiger partial charge in [-0.3, -0.25) is 0 Å². The minimum Gasteiger partial charge on any atom is -0.467 e. The fourth-order valence-electron chi connectivity index (χ4n) is 1.93. The number of esters is 1. The molecule has 1 aromatic carbocycles. The van der Waals surface area contributed by atoms with Crippen molar-refractivity contribution in [3.63, 3.8) is 0 Å². The smallest absolute Gasteiger partial charge is 0.336 e. The number of hydrogen-bond donors (Lipinski definition) is 0. The molecule has 0 saturated carbocycles. The van der Waals surface area contributed by atoms with Gasteiger partial charge in [-0.05, 0) is 18.2 Å². The van der Waals surface area contributed by atoms with Crippen molar-refractivity contribution in [1.29, 1.82) is 5.26 Å². The number of carbonyl (C=O) groups is 1. The van der Waals surface area contributed by atoms with E-state index in [1.807, 2.05) is 17.0 Å². The molecule has 0 aromatic heterocycles. The van der Waals surface area contributed by atoms with E-state index in [0.717, 1.165) is 5.69 Å². The maximum absolute atomic E-state index is 11.4. The Kier molecular flexibility index (Phi) is 3.80. The molecule has 0 spiro atoms. The molecular weight excluding hydrogens is 232 g/mol. The minimum absolute atomic E-state index is 0.365. The van der Waals surface area contributed by atoms with Gasteiger partial charge in [0.1, 0.15) is 0 Å². The highest BCUT2D eigenvalue weighted by Gasteiger charge is 2.27. The second-order valence-electron chi connectivity index (χ2n) is 3.99. The third-order valence-corrected chi connectivity index (χ3v) is 2.87. The minimum atomic E-state index is -0.561. The van der Waals surface area contributed by atoms with Gasteiger partial charge >= 0.3 is 5.97 Å². The van der Waals surface area contributed by atoms with Crippen LogP contribution in [0.25, 0.3) is 0 Å². The zero-order chi connectivity index (χ0) is 13.0. The van der Waals surface area contributed by atoms with Crippen LogP contribution in [0.2, 0.25) is 0 Å². The van der Waals surface area contributed by atoms with Crippen molar-refractivity contribution >= 4 is 11.7 Å². The number of nitriles is 1. The molecule has 0 radical (unpaired) electrons. The van der Waals surface area contributed by atoms with Crippen molar-refractivity contribution in [2.75, 3.05) is 31.7 Å². The lowest BCUT2D eigenvalue weighted by Crippen LogP contribution is -2.46. The van der Waals surface area contributed by atoms with Gasteiger partial charge in [0.2, 0.25) is 0 Å². The topological polar surface area (TPSA) is 62.6 Å². The number of nitrogens with zero attached hydrogens (tertiary/aromatic N) is 2. The molecule has 5 nitrogen and oxygen atoms in total. The highest BCUT2D eigenvalue weighted by atomic mass is 16.6. The summed E-state index contributed by atoms with van der Waals surface area (Å²) in [7, 11) is 1.35. The van der Waals surface area contributed by atoms with E-state index < -0.39 is 6.10 Å². The number of methoxy groups -OCH3 is 1. The molecule has 5 heteroatoms. The quantitative estimate of drug-likeness (QED) is 0.727. The van der Waals surface area contributed by atoms with Crippen LogP contribution in [-0.4, -0.2) is 38.9 Å². The van der Waals surface area contributed by atoms with Crippen molar-refractivity contribution < 1.29 is 14.3 Å². The van der Waals surface area contributed by atoms with Crippen LogP contribution in [0, 0.1) is 11.3 Å². The molecule has 1 fully saturated rings. The maximum atomic E-state index is 11.4. The first-order valence-corrected chi connectivity index (χ1v) is 5.69. The highest BCUT2D eigenvalue weighted by Crippen LogP contribution is 2.19. The lowest BCUT2D eigenvalue weighted by Gasteiger charge is -2.33. The number of anilines is 1. The van der Waals surface area contributed by atoms with Gasteiger partial charge < -0.3 is 14.4 Å². The number of benzene rings is 1. The molecule has 0 amide bonds. The number of hydrogen-bond acceptors (Lipinski definition) is 5. The van der Waals surface area contributed by atoms with Crippen molar-refractivity contribution in [2.24, 2.45) is 0 Å². The molecule has 0 N–H and O–H groups in total. The van der Waals surface area contributed by atoms with Crippen LogP contribution in [0.1, 0.15) is 5.56 Å². The first kappa shape index (κ1) is 12.4.